The Morgan fingerprint density at radius 1 is 1.03 bits per heavy atom. The van der Waals surface area contributed by atoms with Crippen molar-refractivity contribution in [2.24, 2.45) is 0 Å². The Morgan fingerprint density at radius 3 is 2.56 bits per heavy atom. The fraction of sp³-hybridized carbons (Fsp3) is 0.0952. The molecule has 0 aliphatic carbocycles. The molecular formula is C21H17N3O7S. The number of fused-ring (bicyclic) bond motifs is 1. The summed E-state index contributed by atoms with van der Waals surface area (Å²) >= 11 is 0. The number of hydrogen-bond donors (Lipinski definition) is 2. The molecule has 0 aromatic heterocycles. The molecule has 0 spiro atoms. The fourth-order valence-corrected chi connectivity index (χ4v) is 4.48. The predicted octanol–water partition coefficient (Wildman–Crippen LogP) is 3.69. The van der Waals surface area contributed by atoms with Crippen molar-refractivity contribution in [2.75, 3.05) is 16.8 Å². The fourth-order valence-electron chi connectivity index (χ4n) is 3.13. The molecule has 1 aliphatic rings. The number of nitro benzene ring substituents is 1. The first kappa shape index (κ1) is 21.1. The second kappa shape index (κ2) is 8.19. The second-order valence-electron chi connectivity index (χ2n) is 6.88. The predicted molar refractivity (Wildman–Crippen MR) is 116 cm³/mol. The summed E-state index contributed by atoms with van der Waals surface area (Å²) in [4.78, 5) is 23.0. The van der Waals surface area contributed by atoms with Gasteiger partial charge in [-0.15, -0.1) is 0 Å². The molecule has 0 unspecified atom stereocenters. The van der Waals surface area contributed by atoms with Crippen LogP contribution in [0.1, 0.15) is 15.9 Å². The van der Waals surface area contributed by atoms with Crippen molar-refractivity contribution < 1.29 is 27.6 Å². The van der Waals surface area contributed by atoms with E-state index < -0.39 is 20.9 Å². The standard InChI is InChI=1S/C21H17N3O7S/c1-13-6-8-15(24(26)27)11-20(13)32(28,29)23-17-5-3-2-4-16(17)21(25)22-14-7-9-18-19(10-14)31-12-30-18/h2-11,23H,12H2,1H3,(H,22,25). The lowest BCUT2D eigenvalue weighted by atomic mass is 10.1. The summed E-state index contributed by atoms with van der Waals surface area (Å²) in [5.41, 5.74) is 0.495. The van der Waals surface area contributed by atoms with Gasteiger partial charge >= 0.3 is 0 Å². The Hall–Kier alpha value is -4.12. The number of non-ortho nitro benzene ring substituents is 1. The first-order chi connectivity index (χ1) is 15.2. The number of benzene rings is 3. The van der Waals surface area contributed by atoms with Crippen LogP contribution in [0.15, 0.2) is 65.6 Å². The molecular weight excluding hydrogens is 438 g/mol. The molecule has 3 aromatic rings. The third-order valence-electron chi connectivity index (χ3n) is 4.72. The van der Waals surface area contributed by atoms with Gasteiger partial charge in [0.25, 0.3) is 21.6 Å². The van der Waals surface area contributed by atoms with Crippen molar-refractivity contribution in [3.63, 3.8) is 0 Å². The van der Waals surface area contributed by atoms with E-state index in [0.717, 1.165) is 6.07 Å². The molecule has 1 aliphatic heterocycles. The van der Waals surface area contributed by atoms with Crippen molar-refractivity contribution in [3.05, 3.63) is 81.9 Å². The van der Waals surface area contributed by atoms with Gasteiger partial charge in [0.15, 0.2) is 11.5 Å². The van der Waals surface area contributed by atoms with Crippen LogP contribution in [0.3, 0.4) is 0 Å². The van der Waals surface area contributed by atoms with Crippen LogP contribution in [0, 0.1) is 17.0 Å². The average molecular weight is 455 g/mol. The average Bonchev–Trinajstić information content (AvgIpc) is 3.21. The Bertz CT molecular complexity index is 1340. The topological polar surface area (TPSA) is 137 Å². The molecule has 0 fully saturated rings. The molecule has 3 aromatic carbocycles. The van der Waals surface area contributed by atoms with Crippen LogP contribution < -0.4 is 19.5 Å². The molecule has 4 rings (SSSR count). The first-order valence-corrected chi connectivity index (χ1v) is 10.8. The van der Waals surface area contributed by atoms with Crippen LogP contribution in [0.5, 0.6) is 11.5 Å². The van der Waals surface area contributed by atoms with Gasteiger partial charge in [0.1, 0.15) is 0 Å². The highest BCUT2D eigenvalue weighted by molar-refractivity contribution is 7.92. The van der Waals surface area contributed by atoms with E-state index in [1.165, 1.54) is 31.2 Å². The Morgan fingerprint density at radius 2 is 1.78 bits per heavy atom. The van der Waals surface area contributed by atoms with Gasteiger partial charge in [0.05, 0.1) is 21.1 Å². The van der Waals surface area contributed by atoms with Gasteiger partial charge in [-0.2, -0.15) is 0 Å². The Kier molecular flexibility index (Phi) is 5.41. The highest BCUT2D eigenvalue weighted by Gasteiger charge is 2.23. The van der Waals surface area contributed by atoms with Gasteiger partial charge in [-0.05, 0) is 36.8 Å². The van der Waals surface area contributed by atoms with Crippen LogP contribution >= 0.6 is 0 Å². The van der Waals surface area contributed by atoms with E-state index in [1.807, 2.05) is 0 Å². The maximum absolute atomic E-state index is 13.0. The molecule has 0 bridgehead atoms. The van der Waals surface area contributed by atoms with Gasteiger partial charge in [-0.1, -0.05) is 18.2 Å². The lowest BCUT2D eigenvalue weighted by Gasteiger charge is -2.14. The number of nitrogens with one attached hydrogen (secondary N) is 2. The molecule has 11 heteroatoms. The number of aryl methyl sites for hydroxylation is 1. The summed E-state index contributed by atoms with van der Waals surface area (Å²) in [6.45, 7) is 1.62. The quantitative estimate of drug-likeness (QED) is 0.427. The zero-order valence-corrected chi connectivity index (χ0v) is 17.5. The maximum Gasteiger partial charge on any atom is 0.270 e. The number of rotatable bonds is 6. The zero-order valence-electron chi connectivity index (χ0n) is 16.7. The van der Waals surface area contributed by atoms with E-state index in [-0.39, 0.29) is 28.6 Å². The highest BCUT2D eigenvalue weighted by Crippen LogP contribution is 2.34. The Labute approximate surface area is 183 Å². The largest absolute Gasteiger partial charge is 0.454 e. The van der Waals surface area contributed by atoms with Gasteiger partial charge in [0, 0.05) is 23.9 Å². The van der Waals surface area contributed by atoms with Gasteiger partial charge < -0.3 is 14.8 Å². The monoisotopic (exact) mass is 455 g/mol. The van der Waals surface area contributed by atoms with E-state index in [0.29, 0.717) is 22.7 Å². The molecule has 1 heterocycles. The first-order valence-electron chi connectivity index (χ1n) is 9.32. The molecule has 10 nitrogen and oxygen atoms in total. The normalized spacial score (nSPS) is 12.3. The number of nitro groups is 1. The van der Waals surface area contributed by atoms with Crippen LogP contribution in [-0.4, -0.2) is 26.0 Å². The SMILES string of the molecule is Cc1ccc([N+](=O)[O-])cc1S(=O)(=O)Nc1ccccc1C(=O)Nc1ccc2c(c1)OCO2. The molecule has 0 atom stereocenters. The molecule has 0 saturated heterocycles. The van der Waals surface area contributed by atoms with Gasteiger partial charge in [-0.3, -0.25) is 19.6 Å². The lowest BCUT2D eigenvalue weighted by Crippen LogP contribution is -2.19. The van der Waals surface area contributed by atoms with Crippen LogP contribution in [0.25, 0.3) is 0 Å². The van der Waals surface area contributed by atoms with Crippen molar-refractivity contribution in [1.29, 1.82) is 0 Å². The number of nitrogens with zero attached hydrogens (tertiary/aromatic N) is 1. The summed E-state index contributed by atoms with van der Waals surface area (Å²) in [6.07, 6.45) is 0. The smallest absolute Gasteiger partial charge is 0.270 e. The van der Waals surface area contributed by atoms with Gasteiger partial charge in [-0.25, -0.2) is 8.42 Å². The third kappa shape index (κ3) is 4.18. The number of anilines is 2. The molecule has 1 amide bonds. The molecule has 32 heavy (non-hydrogen) atoms. The summed E-state index contributed by atoms with van der Waals surface area (Å²) in [5, 5.41) is 13.7. The number of carbonyl (C=O) groups excluding carboxylic acids is 1. The van der Waals surface area contributed by atoms with Crippen LogP contribution in [-0.2, 0) is 10.0 Å². The molecule has 164 valence electrons. The van der Waals surface area contributed by atoms with Crippen molar-refractivity contribution in [1.82, 2.24) is 0 Å². The van der Waals surface area contributed by atoms with E-state index in [2.05, 4.69) is 10.0 Å². The minimum absolute atomic E-state index is 0.0247. The van der Waals surface area contributed by atoms with Crippen molar-refractivity contribution >= 4 is 33.0 Å². The number of amides is 1. The maximum atomic E-state index is 13.0. The van der Waals surface area contributed by atoms with Crippen molar-refractivity contribution in [2.45, 2.75) is 11.8 Å². The summed E-state index contributed by atoms with van der Waals surface area (Å²) in [5.74, 6) is 0.486. The lowest BCUT2D eigenvalue weighted by molar-refractivity contribution is -0.385. The third-order valence-corrected chi connectivity index (χ3v) is 6.23. The number of para-hydroxylation sites is 1. The van der Waals surface area contributed by atoms with Crippen LogP contribution in [0.2, 0.25) is 0 Å². The van der Waals surface area contributed by atoms with E-state index >= 15 is 0 Å². The van der Waals surface area contributed by atoms with Crippen LogP contribution in [0.4, 0.5) is 17.1 Å². The number of ether oxygens (including phenoxy) is 2. The molecule has 0 saturated carbocycles. The second-order valence-corrected chi connectivity index (χ2v) is 8.53. The number of carbonyl (C=O) groups is 1. The van der Waals surface area contributed by atoms with E-state index in [9.17, 15) is 23.3 Å². The molecule has 0 radical (unpaired) electrons. The van der Waals surface area contributed by atoms with E-state index in [4.69, 9.17) is 9.47 Å². The van der Waals surface area contributed by atoms with Crippen molar-refractivity contribution in [3.8, 4) is 11.5 Å². The Balaban J connectivity index is 1.62. The summed E-state index contributed by atoms with van der Waals surface area (Å²) < 4.78 is 38.8. The molecule has 2 N–H and O–H groups in total. The number of hydrogen-bond acceptors (Lipinski definition) is 7. The number of sulfonamides is 1. The van der Waals surface area contributed by atoms with E-state index in [1.54, 1.807) is 30.3 Å². The highest BCUT2D eigenvalue weighted by atomic mass is 32.2. The van der Waals surface area contributed by atoms with Gasteiger partial charge in [0.2, 0.25) is 6.79 Å². The minimum atomic E-state index is -4.21. The summed E-state index contributed by atoms with van der Waals surface area (Å²) in [7, 11) is -4.21. The summed E-state index contributed by atoms with van der Waals surface area (Å²) in [6, 6.07) is 14.5. The minimum Gasteiger partial charge on any atom is -0.454 e. The zero-order chi connectivity index (χ0) is 22.9.